The van der Waals surface area contributed by atoms with E-state index in [-0.39, 0.29) is 6.03 Å². The minimum Gasteiger partial charge on any atom is -0.491 e. The topological polar surface area (TPSA) is 50.4 Å². The number of urea groups is 1. The first-order valence-electron chi connectivity index (χ1n) is 9.05. The van der Waals surface area contributed by atoms with Crippen molar-refractivity contribution in [3.8, 4) is 5.75 Å². The normalized spacial score (nSPS) is 10.8. The average Bonchev–Trinajstić information content (AvgIpc) is 2.61. The Balaban J connectivity index is 2.23. The minimum absolute atomic E-state index is 0.280. The van der Waals surface area contributed by atoms with E-state index < -0.39 is 0 Å². The van der Waals surface area contributed by atoms with E-state index in [9.17, 15) is 4.79 Å². The molecule has 0 heterocycles. The zero-order chi connectivity index (χ0) is 18.9. The molecule has 2 amide bonds. The van der Waals surface area contributed by atoms with Crippen molar-refractivity contribution < 1.29 is 9.53 Å². The lowest BCUT2D eigenvalue weighted by molar-refractivity contribution is 0.261. The molecule has 0 spiro atoms. The second-order valence-electron chi connectivity index (χ2n) is 6.37. The second-order valence-corrected chi connectivity index (χ2v) is 6.37. The van der Waals surface area contributed by atoms with E-state index in [1.165, 1.54) is 0 Å². The molecule has 2 N–H and O–H groups in total. The predicted octanol–water partition coefficient (Wildman–Crippen LogP) is 5.85. The summed E-state index contributed by atoms with van der Waals surface area (Å²) in [6, 6.07) is 11.5. The summed E-state index contributed by atoms with van der Waals surface area (Å²) in [5.74, 6) is 0.745. The molecule has 0 saturated carbocycles. The molecule has 26 heavy (non-hydrogen) atoms. The SMILES string of the molecule is CC=CCc1cc(C)cc(NC(=O)Nc2ccc(C)cc2)c1OCCC. The molecule has 0 fully saturated rings. The van der Waals surface area contributed by atoms with Gasteiger partial charge in [-0.1, -0.05) is 42.8 Å². The molecule has 4 heteroatoms. The van der Waals surface area contributed by atoms with Gasteiger partial charge in [0.2, 0.25) is 0 Å². The lowest BCUT2D eigenvalue weighted by atomic mass is 10.1. The molecular formula is C22H28N2O2. The third kappa shape index (κ3) is 5.66. The fourth-order valence-corrected chi connectivity index (χ4v) is 2.63. The van der Waals surface area contributed by atoms with Crippen LogP contribution in [0.2, 0.25) is 0 Å². The minimum atomic E-state index is -0.280. The van der Waals surface area contributed by atoms with Crippen LogP contribution in [-0.2, 0) is 6.42 Å². The van der Waals surface area contributed by atoms with Crippen molar-refractivity contribution in [3.63, 3.8) is 0 Å². The number of nitrogens with one attached hydrogen (secondary N) is 2. The van der Waals surface area contributed by atoms with Gasteiger partial charge in [-0.2, -0.15) is 0 Å². The van der Waals surface area contributed by atoms with Crippen LogP contribution in [0.1, 0.15) is 37.0 Å². The predicted molar refractivity (Wildman–Crippen MR) is 109 cm³/mol. The molecule has 2 rings (SSSR count). The summed E-state index contributed by atoms with van der Waals surface area (Å²) in [5, 5.41) is 5.80. The van der Waals surface area contributed by atoms with Gasteiger partial charge in [0, 0.05) is 11.3 Å². The first-order valence-corrected chi connectivity index (χ1v) is 9.05. The molecule has 0 aromatic heterocycles. The van der Waals surface area contributed by atoms with Gasteiger partial charge in [-0.25, -0.2) is 4.79 Å². The first kappa shape index (κ1) is 19.6. The fourth-order valence-electron chi connectivity index (χ4n) is 2.63. The Morgan fingerprint density at radius 1 is 1.08 bits per heavy atom. The molecule has 0 saturated heterocycles. The van der Waals surface area contributed by atoms with Gasteiger partial charge >= 0.3 is 6.03 Å². The van der Waals surface area contributed by atoms with E-state index in [0.29, 0.717) is 12.3 Å². The summed E-state index contributed by atoms with van der Waals surface area (Å²) in [6.45, 7) is 8.71. The molecule has 0 aliphatic heterocycles. The average molecular weight is 352 g/mol. The highest BCUT2D eigenvalue weighted by atomic mass is 16.5. The Bertz CT molecular complexity index is 764. The number of allylic oxidation sites excluding steroid dienone is 2. The smallest absolute Gasteiger partial charge is 0.323 e. The summed E-state index contributed by atoms with van der Waals surface area (Å²) in [5.41, 5.74) is 4.76. The number of carbonyl (C=O) groups excluding carboxylic acids is 1. The number of carbonyl (C=O) groups is 1. The van der Waals surface area contributed by atoms with Crippen LogP contribution in [0.4, 0.5) is 16.2 Å². The number of ether oxygens (including phenoxy) is 1. The monoisotopic (exact) mass is 352 g/mol. The summed E-state index contributed by atoms with van der Waals surface area (Å²) < 4.78 is 5.96. The molecule has 0 aliphatic carbocycles. The molecule has 0 aliphatic rings. The highest BCUT2D eigenvalue weighted by Gasteiger charge is 2.13. The van der Waals surface area contributed by atoms with Crippen LogP contribution in [-0.4, -0.2) is 12.6 Å². The van der Waals surface area contributed by atoms with E-state index in [1.54, 1.807) is 0 Å². The fraction of sp³-hybridized carbons (Fsp3) is 0.318. The molecule has 138 valence electrons. The van der Waals surface area contributed by atoms with Gasteiger partial charge in [0.1, 0.15) is 5.75 Å². The van der Waals surface area contributed by atoms with Crippen LogP contribution in [0.15, 0.2) is 48.6 Å². The summed E-state index contributed by atoms with van der Waals surface area (Å²) in [7, 11) is 0. The van der Waals surface area contributed by atoms with Gasteiger partial charge in [0.25, 0.3) is 0 Å². The zero-order valence-electron chi connectivity index (χ0n) is 16.1. The van der Waals surface area contributed by atoms with Crippen LogP contribution in [0.5, 0.6) is 5.75 Å². The largest absolute Gasteiger partial charge is 0.491 e. The standard InChI is InChI=1S/C22H28N2O2/c1-5-7-8-18-14-17(4)15-20(21(18)26-13-6-2)24-22(25)23-19-11-9-16(3)10-12-19/h5,7,9-12,14-15H,6,8,13H2,1-4H3,(H2,23,24,25). The number of aryl methyl sites for hydroxylation is 2. The zero-order valence-corrected chi connectivity index (χ0v) is 16.1. The van der Waals surface area contributed by atoms with Gasteiger partial charge in [-0.05, 0) is 57.4 Å². The van der Waals surface area contributed by atoms with Crippen molar-refractivity contribution in [2.75, 3.05) is 17.2 Å². The third-order valence-electron chi connectivity index (χ3n) is 3.89. The van der Waals surface area contributed by atoms with Crippen molar-refractivity contribution in [1.29, 1.82) is 0 Å². The lowest BCUT2D eigenvalue weighted by Crippen LogP contribution is -2.20. The Morgan fingerprint density at radius 3 is 2.46 bits per heavy atom. The molecule has 0 atom stereocenters. The number of anilines is 2. The summed E-state index contributed by atoms with van der Waals surface area (Å²) in [6.07, 6.45) is 5.78. The van der Waals surface area contributed by atoms with Crippen LogP contribution >= 0.6 is 0 Å². The van der Waals surface area contributed by atoms with E-state index in [2.05, 4.69) is 29.7 Å². The molecule has 4 nitrogen and oxygen atoms in total. The quantitative estimate of drug-likeness (QED) is 0.614. The van der Waals surface area contributed by atoms with Gasteiger partial charge < -0.3 is 15.4 Å². The Morgan fingerprint density at radius 2 is 1.81 bits per heavy atom. The van der Waals surface area contributed by atoms with Crippen molar-refractivity contribution in [3.05, 3.63) is 65.2 Å². The van der Waals surface area contributed by atoms with Gasteiger partial charge in [-0.15, -0.1) is 0 Å². The molecule has 0 bridgehead atoms. The number of benzene rings is 2. The van der Waals surface area contributed by atoms with Crippen molar-refractivity contribution in [2.45, 2.75) is 40.5 Å². The first-order chi connectivity index (χ1) is 12.5. The highest BCUT2D eigenvalue weighted by Crippen LogP contribution is 2.32. The maximum absolute atomic E-state index is 12.4. The van der Waals surface area contributed by atoms with Gasteiger partial charge in [0.15, 0.2) is 0 Å². The number of hydrogen-bond acceptors (Lipinski definition) is 2. The van der Waals surface area contributed by atoms with Crippen LogP contribution in [0, 0.1) is 13.8 Å². The second kappa shape index (κ2) is 9.66. The number of rotatable bonds is 7. The Labute approximate surface area is 156 Å². The van der Waals surface area contributed by atoms with Crippen molar-refractivity contribution in [2.24, 2.45) is 0 Å². The van der Waals surface area contributed by atoms with Crippen molar-refractivity contribution in [1.82, 2.24) is 0 Å². The van der Waals surface area contributed by atoms with Crippen LogP contribution in [0.25, 0.3) is 0 Å². The molecule has 0 unspecified atom stereocenters. The molecule has 2 aromatic rings. The van der Waals surface area contributed by atoms with Crippen LogP contribution < -0.4 is 15.4 Å². The van der Waals surface area contributed by atoms with Crippen molar-refractivity contribution >= 4 is 17.4 Å². The highest BCUT2D eigenvalue weighted by molar-refractivity contribution is 6.00. The Hall–Kier alpha value is -2.75. The van der Waals surface area contributed by atoms with E-state index in [4.69, 9.17) is 4.74 Å². The number of hydrogen-bond donors (Lipinski definition) is 2. The Kier molecular flexibility index (Phi) is 7.27. The van der Waals surface area contributed by atoms with E-state index >= 15 is 0 Å². The maximum atomic E-state index is 12.4. The molecule has 2 aromatic carbocycles. The van der Waals surface area contributed by atoms with E-state index in [1.807, 2.05) is 57.2 Å². The third-order valence-corrected chi connectivity index (χ3v) is 3.89. The maximum Gasteiger partial charge on any atom is 0.323 e. The molecular weight excluding hydrogens is 324 g/mol. The van der Waals surface area contributed by atoms with E-state index in [0.717, 1.165) is 41.0 Å². The van der Waals surface area contributed by atoms with Crippen LogP contribution in [0.3, 0.4) is 0 Å². The lowest BCUT2D eigenvalue weighted by Gasteiger charge is -2.17. The van der Waals surface area contributed by atoms with Gasteiger partial charge in [-0.3, -0.25) is 0 Å². The summed E-state index contributed by atoms with van der Waals surface area (Å²) >= 11 is 0. The summed E-state index contributed by atoms with van der Waals surface area (Å²) in [4.78, 5) is 12.4. The molecule has 0 radical (unpaired) electrons. The number of amides is 2. The van der Waals surface area contributed by atoms with Gasteiger partial charge in [0.05, 0.1) is 12.3 Å².